The van der Waals surface area contributed by atoms with E-state index in [-0.39, 0.29) is 6.03 Å². The van der Waals surface area contributed by atoms with Crippen LogP contribution < -0.4 is 5.32 Å². The number of anilines is 1. The van der Waals surface area contributed by atoms with Crippen molar-refractivity contribution in [1.82, 2.24) is 14.9 Å². The molecular formula is C22H26N4O. The molecule has 0 saturated carbocycles. The molecule has 4 rings (SSSR count). The summed E-state index contributed by atoms with van der Waals surface area (Å²) in [6.45, 7) is 5.83. The van der Waals surface area contributed by atoms with E-state index >= 15 is 0 Å². The highest BCUT2D eigenvalue weighted by molar-refractivity contribution is 5.89. The molecule has 2 aromatic carbocycles. The molecule has 0 radical (unpaired) electrons. The second-order valence-electron chi connectivity index (χ2n) is 7.61. The van der Waals surface area contributed by atoms with Crippen LogP contribution in [0.4, 0.5) is 10.5 Å². The number of rotatable bonds is 3. The molecule has 0 bridgehead atoms. The predicted octanol–water partition coefficient (Wildman–Crippen LogP) is 5.10. The molecule has 5 heteroatoms. The quantitative estimate of drug-likeness (QED) is 0.681. The normalized spacial score (nSPS) is 15.4. The first-order valence-corrected chi connectivity index (χ1v) is 9.70. The van der Waals surface area contributed by atoms with Gasteiger partial charge >= 0.3 is 6.03 Å². The first-order valence-electron chi connectivity index (χ1n) is 9.70. The maximum Gasteiger partial charge on any atom is 0.321 e. The molecule has 1 saturated heterocycles. The lowest BCUT2D eigenvalue weighted by molar-refractivity contribution is 0.193. The Morgan fingerprint density at radius 1 is 1.11 bits per heavy atom. The van der Waals surface area contributed by atoms with Gasteiger partial charge in [0.25, 0.3) is 0 Å². The number of aromatic nitrogens is 2. The Hall–Kier alpha value is -2.82. The third kappa shape index (κ3) is 3.82. The molecule has 0 unspecified atom stereocenters. The van der Waals surface area contributed by atoms with Crippen LogP contribution in [0, 0.1) is 0 Å². The number of piperidine rings is 1. The van der Waals surface area contributed by atoms with E-state index in [4.69, 9.17) is 4.98 Å². The van der Waals surface area contributed by atoms with Crippen LogP contribution >= 0.6 is 0 Å². The van der Waals surface area contributed by atoms with Crippen LogP contribution in [0.2, 0.25) is 0 Å². The number of fused-ring (bicyclic) bond motifs is 1. The zero-order valence-electron chi connectivity index (χ0n) is 15.9. The van der Waals surface area contributed by atoms with E-state index in [9.17, 15) is 4.79 Å². The summed E-state index contributed by atoms with van der Waals surface area (Å²) in [5, 5.41) is 3.02. The smallest absolute Gasteiger partial charge is 0.321 e. The number of benzene rings is 2. The van der Waals surface area contributed by atoms with Crippen molar-refractivity contribution in [2.75, 3.05) is 18.4 Å². The third-order valence-corrected chi connectivity index (χ3v) is 5.41. The van der Waals surface area contributed by atoms with Gasteiger partial charge in [0.1, 0.15) is 5.82 Å². The van der Waals surface area contributed by atoms with Crippen molar-refractivity contribution in [2.24, 2.45) is 0 Å². The van der Waals surface area contributed by atoms with Crippen molar-refractivity contribution in [3.8, 4) is 0 Å². The molecule has 1 fully saturated rings. The molecule has 2 N–H and O–H groups in total. The van der Waals surface area contributed by atoms with Crippen LogP contribution in [-0.2, 0) is 0 Å². The first-order chi connectivity index (χ1) is 13.1. The largest absolute Gasteiger partial charge is 0.342 e. The molecule has 1 aliphatic heterocycles. The number of amides is 2. The van der Waals surface area contributed by atoms with Crippen LogP contribution in [0.5, 0.6) is 0 Å². The maximum absolute atomic E-state index is 12.6. The van der Waals surface area contributed by atoms with E-state index in [1.165, 1.54) is 5.56 Å². The fourth-order valence-corrected chi connectivity index (χ4v) is 3.68. The van der Waals surface area contributed by atoms with Gasteiger partial charge in [0.2, 0.25) is 0 Å². The van der Waals surface area contributed by atoms with Gasteiger partial charge in [-0.2, -0.15) is 0 Å². The van der Waals surface area contributed by atoms with Gasteiger partial charge < -0.3 is 15.2 Å². The van der Waals surface area contributed by atoms with Gasteiger partial charge in [0, 0.05) is 24.7 Å². The summed E-state index contributed by atoms with van der Waals surface area (Å²) in [6.07, 6.45) is 1.86. The second-order valence-corrected chi connectivity index (χ2v) is 7.61. The molecule has 2 amide bonds. The summed E-state index contributed by atoms with van der Waals surface area (Å²) >= 11 is 0. The monoisotopic (exact) mass is 362 g/mol. The van der Waals surface area contributed by atoms with Gasteiger partial charge in [0.15, 0.2) is 0 Å². The minimum atomic E-state index is -0.0182. The Labute approximate surface area is 159 Å². The highest BCUT2D eigenvalue weighted by Gasteiger charge is 2.25. The lowest BCUT2D eigenvalue weighted by Crippen LogP contribution is -2.40. The molecule has 1 aliphatic rings. The number of hydrogen-bond donors (Lipinski definition) is 2. The Morgan fingerprint density at radius 2 is 1.81 bits per heavy atom. The molecule has 0 spiro atoms. The van der Waals surface area contributed by atoms with E-state index in [2.05, 4.69) is 42.3 Å². The highest BCUT2D eigenvalue weighted by Crippen LogP contribution is 2.28. The van der Waals surface area contributed by atoms with Crippen LogP contribution in [0.3, 0.4) is 0 Å². The van der Waals surface area contributed by atoms with Crippen molar-refractivity contribution in [2.45, 2.75) is 38.5 Å². The van der Waals surface area contributed by atoms with E-state index < -0.39 is 0 Å². The van der Waals surface area contributed by atoms with Crippen LogP contribution in [0.25, 0.3) is 11.0 Å². The number of nitrogens with one attached hydrogen (secondary N) is 2. The van der Waals surface area contributed by atoms with Crippen LogP contribution in [0.15, 0.2) is 48.5 Å². The van der Waals surface area contributed by atoms with Crippen LogP contribution in [0.1, 0.15) is 49.9 Å². The van der Waals surface area contributed by atoms with Gasteiger partial charge in [-0.05, 0) is 48.6 Å². The van der Waals surface area contributed by atoms with E-state index in [0.29, 0.717) is 11.8 Å². The fourth-order valence-electron chi connectivity index (χ4n) is 3.68. The van der Waals surface area contributed by atoms with Crippen molar-refractivity contribution in [3.63, 3.8) is 0 Å². The molecule has 3 aromatic rings. The van der Waals surface area contributed by atoms with Gasteiger partial charge in [0.05, 0.1) is 11.0 Å². The minimum Gasteiger partial charge on any atom is -0.342 e. The summed E-state index contributed by atoms with van der Waals surface area (Å²) in [4.78, 5) is 22.6. The summed E-state index contributed by atoms with van der Waals surface area (Å²) in [6, 6.07) is 16.2. The molecular weight excluding hydrogens is 336 g/mol. The lowest BCUT2D eigenvalue weighted by Gasteiger charge is -2.31. The average molecular weight is 362 g/mol. The number of H-pyrrole nitrogens is 1. The van der Waals surface area contributed by atoms with Gasteiger partial charge in [-0.3, -0.25) is 0 Å². The maximum atomic E-state index is 12.6. The number of carbonyl (C=O) groups is 1. The lowest BCUT2D eigenvalue weighted by atomic mass is 9.96. The van der Waals surface area contributed by atoms with Crippen LogP contribution in [-0.4, -0.2) is 34.0 Å². The number of imidazole rings is 1. The minimum absolute atomic E-state index is 0.0182. The zero-order chi connectivity index (χ0) is 18.8. The number of carbonyl (C=O) groups excluding carboxylic acids is 1. The standard InChI is InChI=1S/C22H26N4O/c1-15(2)16-7-9-18(10-8-16)23-22(27)26-13-11-17(12-14-26)21-24-19-5-3-4-6-20(19)25-21/h3-10,15,17H,11-14H2,1-2H3,(H,23,27)(H,24,25). The number of aromatic amines is 1. The average Bonchev–Trinajstić information content (AvgIpc) is 3.13. The number of hydrogen-bond acceptors (Lipinski definition) is 2. The Balaban J connectivity index is 1.34. The SMILES string of the molecule is CC(C)c1ccc(NC(=O)N2CCC(c3nc4ccccc4[nH]3)CC2)cc1. The van der Waals surface area contributed by atoms with E-state index in [1.807, 2.05) is 35.2 Å². The molecule has 1 aromatic heterocycles. The number of likely N-dealkylation sites (tertiary alicyclic amines) is 1. The summed E-state index contributed by atoms with van der Waals surface area (Å²) in [7, 11) is 0. The fraction of sp³-hybridized carbons (Fsp3) is 0.364. The van der Waals surface area contributed by atoms with E-state index in [0.717, 1.165) is 48.5 Å². The Kier molecular flexibility index (Phi) is 4.84. The summed E-state index contributed by atoms with van der Waals surface area (Å²) in [5.41, 5.74) is 4.22. The van der Waals surface area contributed by atoms with Gasteiger partial charge in [-0.15, -0.1) is 0 Å². The van der Waals surface area contributed by atoms with Gasteiger partial charge in [-0.1, -0.05) is 38.1 Å². The zero-order valence-corrected chi connectivity index (χ0v) is 15.9. The molecule has 0 atom stereocenters. The topological polar surface area (TPSA) is 61.0 Å². The molecule has 5 nitrogen and oxygen atoms in total. The molecule has 140 valence electrons. The van der Waals surface area contributed by atoms with Crippen molar-refractivity contribution < 1.29 is 4.79 Å². The Bertz CT molecular complexity index is 888. The van der Waals surface area contributed by atoms with E-state index in [1.54, 1.807) is 0 Å². The molecule has 27 heavy (non-hydrogen) atoms. The summed E-state index contributed by atoms with van der Waals surface area (Å²) in [5.74, 6) is 1.92. The predicted molar refractivity (Wildman–Crippen MR) is 109 cm³/mol. The number of para-hydroxylation sites is 2. The second kappa shape index (κ2) is 7.43. The van der Waals surface area contributed by atoms with Crippen molar-refractivity contribution >= 4 is 22.8 Å². The number of urea groups is 1. The molecule has 0 aliphatic carbocycles. The third-order valence-electron chi connectivity index (χ3n) is 5.41. The van der Waals surface area contributed by atoms with Crippen molar-refractivity contribution in [3.05, 3.63) is 59.9 Å². The van der Waals surface area contributed by atoms with Crippen molar-refractivity contribution in [1.29, 1.82) is 0 Å². The van der Waals surface area contributed by atoms with Gasteiger partial charge in [-0.25, -0.2) is 9.78 Å². The highest BCUT2D eigenvalue weighted by atomic mass is 16.2. The molecule has 2 heterocycles. The summed E-state index contributed by atoms with van der Waals surface area (Å²) < 4.78 is 0. The first kappa shape index (κ1) is 17.6. The Morgan fingerprint density at radius 3 is 2.48 bits per heavy atom. The number of nitrogens with zero attached hydrogens (tertiary/aromatic N) is 2.